The third kappa shape index (κ3) is 7.19. The van der Waals surface area contributed by atoms with E-state index in [1.165, 1.54) is 118 Å². The number of fused-ring (bicyclic) bond motifs is 9. The molecule has 0 N–H and O–H groups in total. The maximum atomic E-state index is 2.43. The molecule has 356 valence electrons. The zero-order valence-electron chi connectivity index (χ0n) is 41.4. The largest absolute Gasteiger partial charge is 0.310 e. The summed E-state index contributed by atoms with van der Waals surface area (Å²) < 4.78 is 5.31. The van der Waals surface area contributed by atoms with Gasteiger partial charge in [0.05, 0.1) is 5.41 Å². The Morgan fingerprint density at radius 2 is 0.711 bits per heavy atom. The molecule has 76 heavy (non-hydrogen) atoms. The standard InChI is InChI=1S/C73H47NS2/c1-3-17-55(18-4-1)73(56-19-5-2-6-20-56)67-26-10-7-21-61(67)65-47-59(42-43-68(65)73)74(57-38-33-49(34-39-57)48-29-31-51(32-30-48)60-24-14-25-64-62-22-8-12-28-70(62)76-72(60)64)58-40-35-50(36-41-58)52-15-13-16-53(45-52)54-37-44-71-66(46-54)63-23-9-11-27-69(63)75-71/h1-47H. The Morgan fingerprint density at radius 3 is 1.41 bits per heavy atom. The van der Waals surface area contributed by atoms with E-state index in [-0.39, 0.29) is 0 Å². The maximum absolute atomic E-state index is 2.43. The predicted octanol–water partition coefficient (Wildman–Crippen LogP) is 20.9. The molecule has 0 radical (unpaired) electrons. The molecule has 0 aliphatic heterocycles. The number of benzene rings is 12. The summed E-state index contributed by atoms with van der Waals surface area (Å²) in [5.74, 6) is 0. The lowest BCUT2D eigenvalue weighted by molar-refractivity contribution is 0.768. The van der Waals surface area contributed by atoms with Crippen molar-refractivity contribution in [2.45, 2.75) is 5.41 Å². The van der Waals surface area contributed by atoms with E-state index in [9.17, 15) is 0 Å². The lowest BCUT2D eigenvalue weighted by Gasteiger charge is -2.34. The first-order chi connectivity index (χ1) is 37.7. The summed E-state index contributed by atoms with van der Waals surface area (Å²) in [6.45, 7) is 0. The Hall–Kier alpha value is -9.12. The van der Waals surface area contributed by atoms with Crippen molar-refractivity contribution in [1.29, 1.82) is 0 Å². The molecule has 2 aromatic heterocycles. The lowest BCUT2D eigenvalue weighted by atomic mass is 9.68. The molecule has 15 rings (SSSR count). The van der Waals surface area contributed by atoms with Gasteiger partial charge in [-0.3, -0.25) is 0 Å². The summed E-state index contributed by atoms with van der Waals surface area (Å²) in [6, 6.07) is 106. The van der Waals surface area contributed by atoms with E-state index in [1.54, 1.807) is 0 Å². The zero-order valence-corrected chi connectivity index (χ0v) is 43.0. The zero-order chi connectivity index (χ0) is 50.2. The van der Waals surface area contributed by atoms with Crippen LogP contribution >= 0.6 is 22.7 Å². The van der Waals surface area contributed by atoms with Gasteiger partial charge >= 0.3 is 0 Å². The van der Waals surface area contributed by atoms with E-state index in [2.05, 4.69) is 290 Å². The van der Waals surface area contributed by atoms with Gasteiger partial charge in [0, 0.05) is 57.4 Å². The van der Waals surface area contributed by atoms with Gasteiger partial charge in [-0.1, -0.05) is 218 Å². The van der Waals surface area contributed by atoms with Crippen LogP contribution < -0.4 is 4.90 Å². The van der Waals surface area contributed by atoms with Crippen molar-refractivity contribution in [3.8, 4) is 55.6 Å². The first kappa shape index (κ1) is 44.4. The van der Waals surface area contributed by atoms with Crippen LogP contribution in [0.5, 0.6) is 0 Å². The van der Waals surface area contributed by atoms with Crippen LogP contribution in [0.3, 0.4) is 0 Å². The van der Waals surface area contributed by atoms with Gasteiger partial charge in [-0.25, -0.2) is 0 Å². The molecule has 0 saturated carbocycles. The van der Waals surface area contributed by atoms with Crippen LogP contribution in [0.4, 0.5) is 17.1 Å². The molecule has 0 unspecified atom stereocenters. The number of rotatable bonds is 9. The summed E-state index contributed by atoms with van der Waals surface area (Å²) in [5, 5.41) is 5.28. The Labute approximate surface area is 450 Å². The van der Waals surface area contributed by atoms with Crippen molar-refractivity contribution in [2.24, 2.45) is 0 Å². The molecular weight excluding hydrogens is 955 g/mol. The van der Waals surface area contributed by atoms with E-state index in [4.69, 9.17) is 0 Å². The predicted molar refractivity (Wildman–Crippen MR) is 326 cm³/mol. The lowest BCUT2D eigenvalue weighted by Crippen LogP contribution is -2.28. The van der Waals surface area contributed by atoms with Gasteiger partial charge in [-0.15, -0.1) is 22.7 Å². The van der Waals surface area contributed by atoms with Gasteiger partial charge in [0.1, 0.15) is 0 Å². The quantitative estimate of drug-likeness (QED) is 0.139. The second kappa shape index (κ2) is 18.1. The third-order valence-corrected chi connectivity index (χ3v) is 18.2. The summed E-state index contributed by atoms with van der Waals surface area (Å²) in [4.78, 5) is 2.42. The molecule has 1 aliphatic carbocycles. The first-order valence-electron chi connectivity index (χ1n) is 26.0. The fourth-order valence-electron chi connectivity index (χ4n) is 12.2. The maximum Gasteiger partial charge on any atom is 0.0713 e. The van der Waals surface area contributed by atoms with E-state index < -0.39 is 5.41 Å². The van der Waals surface area contributed by atoms with Crippen LogP contribution in [0.1, 0.15) is 22.3 Å². The highest BCUT2D eigenvalue weighted by molar-refractivity contribution is 7.26. The van der Waals surface area contributed by atoms with Gasteiger partial charge < -0.3 is 4.90 Å². The minimum Gasteiger partial charge on any atom is -0.310 e. The average Bonchev–Trinajstić information content (AvgIpc) is 4.30. The molecule has 0 saturated heterocycles. The summed E-state index contributed by atoms with van der Waals surface area (Å²) in [6.07, 6.45) is 0. The van der Waals surface area contributed by atoms with Crippen LogP contribution in [0.25, 0.3) is 96.0 Å². The highest BCUT2D eigenvalue weighted by Gasteiger charge is 2.46. The SMILES string of the molecule is c1ccc(C2(c3ccccc3)c3ccccc3-c3cc(N(c4ccc(-c5ccc(-c6cccc7c6sc6ccccc67)cc5)cc4)c4ccc(-c5cccc(-c6ccc7sc8ccccc8c7c6)c5)cc4)ccc32)cc1. The van der Waals surface area contributed by atoms with E-state index in [0.717, 1.165) is 17.1 Å². The molecule has 14 aromatic rings. The van der Waals surface area contributed by atoms with E-state index in [0.29, 0.717) is 0 Å². The van der Waals surface area contributed by atoms with Crippen LogP contribution in [0, 0.1) is 0 Å². The van der Waals surface area contributed by atoms with E-state index in [1.807, 2.05) is 22.7 Å². The molecule has 3 heteroatoms. The minimum atomic E-state index is -0.473. The van der Waals surface area contributed by atoms with Crippen molar-refractivity contribution < 1.29 is 0 Å². The van der Waals surface area contributed by atoms with Crippen LogP contribution in [-0.4, -0.2) is 0 Å². The molecule has 2 heterocycles. The van der Waals surface area contributed by atoms with Gasteiger partial charge in [-0.2, -0.15) is 0 Å². The van der Waals surface area contributed by atoms with E-state index >= 15 is 0 Å². The van der Waals surface area contributed by atoms with Crippen molar-refractivity contribution in [3.05, 3.63) is 307 Å². The van der Waals surface area contributed by atoms with Gasteiger partial charge in [-0.05, 0) is 145 Å². The fraction of sp³-hybridized carbons (Fsp3) is 0.0137. The number of thiophene rings is 2. The molecular formula is C73H47NS2. The highest BCUT2D eigenvalue weighted by Crippen LogP contribution is 2.57. The van der Waals surface area contributed by atoms with Gasteiger partial charge in [0.2, 0.25) is 0 Å². The summed E-state index contributed by atoms with van der Waals surface area (Å²) in [5.41, 5.74) is 20.1. The fourth-order valence-corrected chi connectivity index (χ4v) is 14.6. The molecule has 1 nitrogen and oxygen atoms in total. The normalized spacial score (nSPS) is 12.6. The number of anilines is 3. The Bertz CT molecular complexity index is 4450. The van der Waals surface area contributed by atoms with Gasteiger partial charge in [0.15, 0.2) is 0 Å². The van der Waals surface area contributed by atoms with Crippen molar-refractivity contribution in [1.82, 2.24) is 0 Å². The highest BCUT2D eigenvalue weighted by atomic mass is 32.1. The molecule has 0 spiro atoms. The molecule has 0 fully saturated rings. The molecule has 12 aromatic carbocycles. The van der Waals surface area contributed by atoms with Crippen LogP contribution in [0.2, 0.25) is 0 Å². The second-order valence-electron chi connectivity index (χ2n) is 19.9. The van der Waals surface area contributed by atoms with Crippen molar-refractivity contribution in [2.75, 3.05) is 4.90 Å². The monoisotopic (exact) mass is 1000 g/mol. The smallest absolute Gasteiger partial charge is 0.0713 e. The molecule has 0 amide bonds. The van der Waals surface area contributed by atoms with Crippen LogP contribution in [-0.2, 0) is 5.41 Å². The topological polar surface area (TPSA) is 3.24 Å². The molecule has 0 atom stereocenters. The Morgan fingerprint density at radius 1 is 0.250 bits per heavy atom. The number of hydrogen-bond acceptors (Lipinski definition) is 3. The second-order valence-corrected chi connectivity index (χ2v) is 22.1. The summed E-state index contributed by atoms with van der Waals surface area (Å²) in [7, 11) is 0. The molecule has 1 aliphatic rings. The Balaban J connectivity index is 0.821. The first-order valence-corrected chi connectivity index (χ1v) is 27.7. The number of hydrogen-bond donors (Lipinski definition) is 0. The van der Waals surface area contributed by atoms with Crippen LogP contribution in [0.15, 0.2) is 285 Å². The van der Waals surface area contributed by atoms with Crippen molar-refractivity contribution >= 4 is 80.1 Å². The van der Waals surface area contributed by atoms with Gasteiger partial charge in [0.25, 0.3) is 0 Å². The Kier molecular flexibility index (Phi) is 10.6. The minimum absolute atomic E-state index is 0.473. The average molecular weight is 1000 g/mol. The van der Waals surface area contributed by atoms with Crippen molar-refractivity contribution in [3.63, 3.8) is 0 Å². The number of nitrogens with zero attached hydrogens (tertiary/aromatic N) is 1. The summed E-state index contributed by atoms with van der Waals surface area (Å²) >= 11 is 3.74. The third-order valence-electron chi connectivity index (χ3n) is 15.8. The molecule has 0 bridgehead atoms.